The molecule has 0 aliphatic heterocycles. The van der Waals surface area contributed by atoms with Gasteiger partial charge in [-0.25, -0.2) is 0 Å². The lowest BCUT2D eigenvalue weighted by Crippen LogP contribution is -1.97. The largest absolute Gasteiger partial charge is 0.496 e. The van der Waals surface area contributed by atoms with Gasteiger partial charge in [-0.05, 0) is 36.0 Å². The summed E-state index contributed by atoms with van der Waals surface area (Å²) < 4.78 is 5.17. The van der Waals surface area contributed by atoms with E-state index in [0.717, 1.165) is 4.90 Å². The number of thioether (sulfide) groups is 1. The molecule has 2 aromatic carbocycles. The minimum atomic E-state index is -0.00588. The third kappa shape index (κ3) is 2.88. The van der Waals surface area contributed by atoms with Crippen LogP contribution >= 0.6 is 11.8 Å². The first kappa shape index (κ1) is 11.7. The number of hydrogen-bond acceptors (Lipinski definition) is 3. The van der Waals surface area contributed by atoms with Gasteiger partial charge in [0.05, 0.1) is 12.7 Å². The SMILES string of the molecule is COc1ccccc1C(=O)Sc1ccccc1. The quantitative estimate of drug-likeness (QED) is 0.771. The predicted molar refractivity (Wildman–Crippen MR) is 69.6 cm³/mol. The Bertz CT molecular complexity index is 509. The molecule has 0 aliphatic carbocycles. The van der Waals surface area contributed by atoms with Gasteiger partial charge < -0.3 is 4.74 Å². The maximum Gasteiger partial charge on any atom is 0.227 e. The topological polar surface area (TPSA) is 26.3 Å². The van der Waals surface area contributed by atoms with Gasteiger partial charge in [0, 0.05) is 4.90 Å². The maximum atomic E-state index is 12.1. The molecule has 0 aliphatic rings. The van der Waals surface area contributed by atoms with Gasteiger partial charge in [-0.2, -0.15) is 0 Å². The number of benzene rings is 2. The van der Waals surface area contributed by atoms with Crippen molar-refractivity contribution in [2.75, 3.05) is 7.11 Å². The molecule has 0 amide bonds. The summed E-state index contributed by atoms with van der Waals surface area (Å²) >= 11 is 1.21. The highest BCUT2D eigenvalue weighted by atomic mass is 32.2. The van der Waals surface area contributed by atoms with Crippen molar-refractivity contribution in [2.24, 2.45) is 0 Å². The Morgan fingerprint density at radius 2 is 1.65 bits per heavy atom. The smallest absolute Gasteiger partial charge is 0.227 e. The molecule has 0 radical (unpaired) electrons. The van der Waals surface area contributed by atoms with Crippen LogP contribution in [0.4, 0.5) is 0 Å². The minimum absolute atomic E-state index is 0.00588. The van der Waals surface area contributed by atoms with Gasteiger partial charge in [0.15, 0.2) is 0 Å². The van der Waals surface area contributed by atoms with Crippen LogP contribution in [-0.4, -0.2) is 12.2 Å². The van der Waals surface area contributed by atoms with E-state index < -0.39 is 0 Å². The number of methoxy groups -OCH3 is 1. The van der Waals surface area contributed by atoms with Crippen molar-refractivity contribution in [2.45, 2.75) is 4.90 Å². The van der Waals surface area contributed by atoms with E-state index in [-0.39, 0.29) is 5.12 Å². The summed E-state index contributed by atoms with van der Waals surface area (Å²) in [6.07, 6.45) is 0. The standard InChI is InChI=1S/C14H12O2S/c1-16-13-10-6-5-9-12(13)14(15)17-11-7-3-2-4-8-11/h2-10H,1H3. The normalized spacial score (nSPS) is 9.94. The fourth-order valence-corrected chi connectivity index (χ4v) is 2.25. The van der Waals surface area contributed by atoms with Gasteiger partial charge in [-0.15, -0.1) is 0 Å². The monoisotopic (exact) mass is 244 g/mol. The first-order valence-electron chi connectivity index (χ1n) is 5.21. The van der Waals surface area contributed by atoms with Crippen LogP contribution < -0.4 is 4.74 Å². The van der Waals surface area contributed by atoms with E-state index >= 15 is 0 Å². The Labute approximate surface area is 105 Å². The van der Waals surface area contributed by atoms with E-state index in [1.54, 1.807) is 19.2 Å². The first-order valence-corrected chi connectivity index (χ1v) is 6.03. The second-order valence-corrected chi connectivity index (χ2v) is 4.45. The summed E-state index contributed by atoms with van der Waals surface area (Å²) in [6, 6.07) is 16.8. The molecule has 0 heterocycles. The van der Waals surface area contributed by atoms with E-state index in [2.05, 4.69) is 0 Å². The van der Waals surface area contributed by atoms with Crippen LogP contribution in [0.5, 0.6) is 5.75 Å². The minimum Gasteiger partial charge on any atom is -0.496 e. The van der Waals surface area contributed by atoms with E-state index in [1.165, 1.54) is 11.8 Å². The van der Waals surface area contributed by atoms with Gasteiger partial charge in [-0.3, -0.25) is 4.79 Å². The molecule has 0 bridgehead atoms. The zero-order chi connectivity index (χ0) is 12.1. The number of para-hydroxylation sites is 1. The summed E-state index contributed by atoms with van der Waals surface area (Å²) in [7, 11) is 1.57. The molecule has 2 rings (SSSR count). The molecular formula is C14H12O2S. The van der Waals surface area contributed by atoms with Crippen molar-refractivity contribution in [3.05, 3.63) is 60.2 Å². The molecule has 2 aromatic rings. The second kappa shape index (κ2) is 5.55. The van der Waals surface area contributed by atoms with Crippen LogP contribution in [0.1, 0.15) is 10.4 Å². The molecule has 0 unspecified atom stereocenters. The van der Waals surface area contributed by atoms with Crippen molar-refractivity contribution in [1.29, 1.82) is 0 Å². The molecule has 86 valence electrons. The lowest BCUT2D eigenvalue weighted by molar-refractivity contribution is 0.108. The zero-order valence-electron chi connectivity index (χ0n) is 9.42. The lowest BCUT2D eigenvalue weighted by atomic mass is 10.2. The summed E-state index contributed by atoms with van der Waals surface area (Å²) in [5.74, 6) is 0.612. The number of ether oxygens (including phenoxy) is 1. The Balaban J connectivity index is 2.20. The molecule has 0 N–H and O–H groups in total. The Kier molecular flexibility index (Phi) is 3.83. The van der Waals surface area contributed by atoms with Crippen molar-refractivity contribution < 1.29 is 9.53 Å². The van der Waals surface area contributed by atoms with Crippen LogP contribution in [0.15, 0.2) is 59.5 Å². The van der Waals surface area contributed by atoms with E-state index in [9.17, 15) is 4.79 Å². The third-order valence-electron chi connectivity index (χ3n) is 2.28. The molecule has 0 fully saturated rings. The molecule has 0 saturated carbocycles. The molecule has 0 aromatic heterocycles. The Morgan fingerprint density at radius 1 is 1.00 bits per heavy atom. The third-order valence-corrected chi connectivity index (χ3v) is 3.19. The van der Waals surface area contributed by atoms with Crippen LogP contribution in [0.3, 0.4) is 0 Å². The van der Waals surface area contributed by atoms with Crippen LogP contribution in [-0.2, 0) is 0 Å². The number of carbonyl (C=O) groups excluding carboxylic acids is 1. The van der Waals surface area contributed by atoms with Crippen LogP contribution in [0, 0.1) is 0 Å². The van der Waals surface area contributed by atoms with Crippen molar-refractivity contribution >= 4 is 16.9 Å². The van der Waals surface area contributed by atoms with Gasteiger partial charge in [0.2, 0.25) is 5.12 Å². The summed E-state index contributed by atoms with van der Waals surface area (Å²) in [5, 5.41) is -0.00588. The maximum absolute atomic E-state index is 12.1. The fourth-order valence-electron chi connectivity index (χ4n) is 1.46. The highest BCUT2D eigenvalue weighted by molar-refractivity contribution is 8.14. The average Bonchev–Trinajstić information content (AvgIpc) is 2.40. The summed E-state index contributed by atoms with van der Waals surface area (Å²) in [6.45, 7) is 0. The lowest BCUT2D eigenvalue weighted by Gasteiger charge is -2.06. The predicted octanol–water partition coefficient (Wildman–Crippen LogP) is 3.63. The molecule has 0 spiro atoms. The second-order valence-electron chi connectivity index (χ2n) is 3.40. The Morgan fingerprint density at radius 3 is 2.35 bits per heavy atom. The average molecular weight is 244 g/mol. The zero-order valence-corrected chi connectivity index (χ0v) is 10.2. The van der Waals surface area contributed by atoms with Crippen molar-refractivity contribution in [3.63, 3.8) is 0 Å². The van der Waals surface area contributed by atoms with Gasteiger partial charge in [0.1, 0.15) is 5.75 Å². The molecular weight excluding hydrogens is 232 g/mol. The molecule has 3 heteroatoms. The van der Waals surface area contributed by atoms with Gasteiger partial charge in [0.25, 0.3) is 0 Å². The Hall–Kier alpha value is -1.74. The molecule has 0 atom stereocenters. The van der Waals surface area contributed by atoms with E-state index in [4.69, 9.17) is 4.74 Å². The summed E-state index contributed by atoms with van der Waals surface area (Å²) in [5.41, 5.74) is 0.601. The molecule has 2 nitrogen and oxygen atoms in total. The first-order chi connectivity index (χ1) is 8.31. The van der Waals surface area contributed by atoms with E-state index in [0.29, 0.717) is 11.3 Å². The fraction of sp³-hybridized carbons (Fsp3) is 0.0714. The molecule has 17 heavy (non-hydrogen) atoms. The van der Waals surface area contributed by atoms with Gasteiger partial charge >= 0.3 is 0 Å². The van der Waals surface area contributed by atoms with Gasteiger partial charge in [-0.1, -0.05) is 30.3 Å². The highest BCUT2D eigenvalue weighted by Crippen LogP contribution is 2.27. The highest BCUT2D eigenvalue weighted by Gasteiger charge is 2.12. The number of hydrogen-bond donors (Lipinski definition) is 0. The van der Waals surface area contributed by atoms with Crippen molar-refractivity contribution in [3.8, 4) is 5.75 Å². The molecule has 0 saturated heterocycles. The van der Waals surface area contributed by atoms with Crippen molar-refractivity contribution in [1.82, 2.24) is 0 Å². The van der Waals surface area contributed by atoms with Crippen LogP contribution in [0.2, 0.25) is 0 Å². The van der Waals surface area contributed by atoms with E-state index in [1.807, 2.05) is 42.5 Å². The van der Waals surface area contributed by atoms with Crippen LogP contribution in [0.25, 0.3) is 0 Å². The number of carbonyl (C=O) groups is 1. The number of rotatable bonds is 3. The summed E-state index contributed by atoms with van der Waals surface area (Å²) in [4.78, 5) is 13.0.